The molecule has 0 bridgehead atoms. The molecule has 2 aromatic carbocycles. The first kappa shape index (κ1) is 17.4. The van der Waals surface area contributed by atoms with Crippen LogP contribution in [0.5, 0.6) is 0 Å². The summed E-state index contributed by atoms with van der Waals surface area (Å²) in [7, 11) is 0. The Labute approximate surface area is 163 Å². The molecule has 3 aliphatic rings. The van der Waals surface area contributed by atoms with Gasteiger partial charge in [0.1, 0.15) is 5.82 Å². The van der Waals surface area contributed by atoms with Crippen LogP contribution < -0.4 is 10.6 Å². The van der Waals surface area contributed by atoms with Gasteiger partial charge in [-0.05, 0) is 73.1 Å². The van der Waals surface area contributed by atoms with Crippen LogP contribution >= 0.6 is 0 Å². The fourth-order valence-electron chi connectivity index (χ4n) is 4.68. The first-order valence-electron chi connectivity index (χ1n) is 10.1. The Morgan fingerprint density at radius 3 is 2.64 bits per heavy atom. The quantitative estimate of drug-likeness (QED) is 0.829. The summed E-state index contributed by atoms with van der Waals surface area (Å²) >= 11 is 0. The number of nitrogens with one attached hydrogen (secondary N) is 2. The predicted molar refractivity (Wildman–Crippen MR) is 106 cm³/mol. The fourth-order valence-corrected chi connectivity index (χ4v) is 4.68. The number of amides is 2. The molecule has 1 aliphatic heterocycles. The second-order valence-electron chi connectivity index (χ2n) is 8.38. The Bertz CT molecular complexity index is 1000. The summed E-state index contributed by atoms with van der Waals surface area (Å²) in [4.78, 5) is 25.1. The van der Waals surface area contributed by atoms with Crippen molar-refractivity contribution in [1.29, 1.82) is 0 Å². The average Bonchev–Trinajstić information content (AvgIpc) is 3.27. The third kappa shape index (κ3) is 2.64. The van der Waals surface area contributed by atoms with Crippen LogP contribution in [-0.2, 0) is 10.2 Å². The van der Waals surface area contributed by atoms with E-state index in [1.54, 1.807) is 13.0 Å². The molecule has 2 fully saturated rings. The van der Waals surface area contributed by atoms with Gasteiger partial charge in [0.2, 0.25) is 5.91 Å². The topological polar surface area (TPSA) is 58.2 Å². The lowest BCUT2D eigenvalue weighted by Crippen LogP contribution is -2.30. The van der Waals surface area contributed by atoms with Gasteiger partial charge in [-0.3, -0.25) is 9.59 Å². The van der Waals surface area contributed by atoms with Crippen LogP contribution in [-0.4, -0.2) is 17.9 Å². The van der Waals surface area contributed by atoms with Crippen LogP contribution in [0, 0.1) is 12.7 Å². The van der Waals surface area contributed by atoms with E-state index < -0.39 is 5.82 Å². The minimum absolute atomic E-state index is 0.0811. The lowest BCUT2D eigenvalue weighted by atomic mass is 9.79. The summed E-state index contributed by atoms with van der Waals surface area (Å²) in [6, 6.07) is 9.15. The molecule has 5 heteroatoms. The molecule has 1 heterocycles. The Hall–Kier alpha value is -2.69. The van der Waals surface area contributed by atoms with Gasteiger partial charge in [-0.2, -0.15) is 0 Å². The lowest BCUT2D eigenvalue weighted by molar-refractivity contribution is -0.120. The van der Waals surface area contributed by atoms with Crippen molar-refractivity contribution < 1.29 is 14.0 Å². The molecule has 0 saturated heterocycles. The van der Waals surface area contributed by atoms with Gasteiger partial charge < -0.3 is 10.6 Å². The predicted octanol–water partition coefficient (Wildman–Crippen LogP) is 4.46. The maximum absolute atomic E-state index is 14.6. The summed E-state index contributed by atoms with van der Waals surface area (Å²) < 4.78 is 14.6. The molecule has 0 aromatic heterocycles. The maximum Gasteiger partial charge on any atom is 0.251 e. The number of hydrogen-bond acceptors (Lipinski definition) is 2. The van der Waals surface area contributed by atoms with Gasteiger partial charge in [0, 0.05) is 17.3 Å². The maximum atomic E-state index is 14.6. The molecule has 2 saturated carbocycles. The second kappa shape index (κ2) is 6.16. The average molecular weight is 378 g/mol. The zero-order valence-electron chi connectivity index (χ0n) is 15.9. The summed E-state index contributed by atoms with van der Waals surface area (Å²) in [5, 5.41) is 5.95. The van der Waals surface area contributed by atoms with Gasteiger partial charge in [-0.25, -0.2) is 4.39 Å². The molecule has 2 aromatic rings. The minimum atomic E-state index is -0.393. The molecular formula is C23H23FN2O2. The molecule has 1 spiro atoms. The van der Waals surface area contributed by atoms with E-state index in [0.717, 1.165) is 55.3 Å². The molecule has 0 unspecified atom stereocenters. The molecule has 2 aliphatic carbocycles. The molecule has 28 heavy (non-hydrogen) atoms. The van der Waals surface area contributed by atoms with Crippen molar-refractivity contribution in [3.05, 3.63) is 52.8 Å². The highest BCUT2D eigenvalue weighted by Gasteiger charge is 2.48. The van der Waals surface area contributed by atoms with Crippen molar-refractivity contribution in [2.45, 2.75) is 56.9 Å². The van der Waals surface area contributed by atoms with Crippen molar-refractivity contribution in [1.82, 2.24) is 5.32 Å². The summed E-state index contributed by atoms with van der Waals surface area (Å²) in [6.45, 7) is 1.72. The highest BCUT2D eigenvalue weighted by molar-refractivity contribution is 6.07. The van der Waals surface area contributed by atoms with Gasteiger partial charge in [0.25, 0.3) is 5.91 Å². The van der Waals surface area contributed by atoms with E-state index >= 15 is 0 Å². The number of benzene rings is 2. The number of anilines is 1. The zero-order chi connectivity index (χ0) is 19.5. The van der Waals surface area contributed by atoms with Crippen LogP contribution in [0.15, 0.2) is 30.3 Å². The lowest BCUT2D eigenvalue weighted by Gasteiger charge is -2.20. The molecular weight excluding hydrogens is 355 g/mol. The highest BCUT2D eigenvalue weighted by atomic mass is 19.1. The van der Waals surface area contributed by atoms with E-state index in [1.165, 1.54) is 6.07 Å². The van der Waals surface area contributed by atoms with Gasteiger partial charge in [-0.15, -0.1) is 0 Å². The second-order valence-corrected chi connectivity index (χ2v) is 8.38. The summed E-state index contributed by atoms with van der Waals surface area (Å²) in [5.74, 6) is -0.546. The van der Waals surface area contributed by atoms with E-state index in [-0.39, 0.29) is 23.3 Å². The van der Waals surface area contributed by atoms with Crippen LogP contribution in [0.3, 0.4) is 0 Å². The number of rotatable bonds is 3. The summed E-state index contributed by atoms with van der Waals surface area (Å²) in [5.41, 5.74) is 3.82. The standard InChI is InChI=1S/C23H23FN2O2/c1-13-17(10-15(11-19(13)24)21(27)25-16-5-6-16)14-4-7-18-20(12-14)26-22(28)23(18)8-2-3-9-23/h4,7,10-12,16H,2-3,5-6,8-9H2,1H3,(H,25,27)(H,26,28). The van der Waals surface area contributed by atoms with E-state index in [4.69, 9.17) is 0 Å². The van der Waals surface area contributed by atoms with Crippen molar-refractivity contribution in [2.24, 2.45) is 0 Å². The minimum Gasteiger partial charge on any atom is -0.349 e. The number of hydrogen-bond donors (Lipinski definition) is 2. The van der Waals surface area contributed by atoms with Gasteiger partial charge in [0.05, 0.1) is 5.41 Å². The Morgan fingerprint density at radius 2 is 1.93 bits per heavy atom. The van der Waals surface area contributed by atoms with Gasteiger partial charge in [0.15, 0.2) is 0 Å². The largest absolute Gasteiger partial charge is 0.349 e. The van der Waals surface area contributed by atoms with Crippen molar-refractivity contribution in [3.8, 4) is 11.1 Å². The molecule has 2 N–H and O–H groups in total. The van der Waals surface area contributed by atoms with Crippen LogP contribution in [0.4, 0.5) is 10.1 Å². The van der Waals surface area contributed by atoms with Gasteiger partial charge in [-0.1, -0.05) is 25.0 Å². The number of halogens is 1. The monoisotopic (exact) mass is 378 g/mol. The van der Waals surface area contributed by atoms with Crippen molar-refractivity contribution in [3.63, 3.8) is 0 Å². The van der Waals surface area contributed by atoms with E-state index in [1.807, 2.05) is 18.2 Å². The molecule has 4 nitrogen and oxygen atoms in total. The number of carbonyl (C=O) groups excluding carboxylic acids is 2. The van der Waals surface area contributed by atoms with E-state index in [0.29, 0.717) is 16.7 Å². The zero-order valence-corrected chi connectivity index (χ0v) is 15.9. The van der Waals surface area contributed by atoms with Crippen LogP contribution in [0.2, 0.25) is 0 Å². The first-order chi connectivity index (χ1) is 13.5. The molecule has 5 rings (SSSR count). The Balaban J connectivity index is 1.55. The third-order valence-corrected chi connectivity index (χ3v) is 6.51. The summed E-state index contributed by atoms with van der Waals surface area (Å²) in [6.07, 6.45) is 5.87. The molecule has 144 valence electrons. The molecule has 2 amide bonds. The highest BCUT2D eigenvalue weighted by Crippen LogP contribution is 2.49. The first-order valence-corrected chi connectivity index (χ1v) is 10.1. The van der Waals surface area contributed by atoms with Crippen molar-refractivity contribution in [2.75, 3.05) is 5.32 Å². The normalized spacial score (nSPS) is 19.6. The van der Waals surface area contributed by atoms with Gasteiger partial charge >= 0.3 is 0 Å². The van der Waals surface area contributed by atoms with Crippen LogP contribution in [0.1, 0.15) is 60.0 Å². The van der Waals surface area contributed by atoms with Crippen LogP contribution in [0.25, 0.3) is 11.1 Å². The fraction of sp³-hybridized carbons (Fsp3) is 0.391. The Kier molecular flexibility index (Phi) is 3.83. The van der Waals surface area contributed by atoms with E-state index in [9.17, 15) is 14.0 Å². The molecule has 0 radical (unpaired) electrons. The number of carbonyl (C=O) groups is 2. The molecule has 0 atom stereocenters. The Morgan fingerprint density at radius 1 is 1.18 bits per heavy atom. The third-order valence-electron chi connectivity index (χ3n) is 6.51. The number of fused-ring (bicyclic) bond motifs is 2. The smallest absolute Gasteiger partial charge is 0.251 e. The SMILES string of the molecule is Cc1c(F)cc(C(=O)NC2CC2)cc1-c1ccc2c(c1)NC(=O)C21CCCC1. The van der Waals surface area contributed by atoms with Crippen molar-refractivity contribution >= 4 is 17.5 Å². The van der Waals surface area contributed by atoms with E-state index in [2.05, 4.69) is 10.6 Å².